The lowest BCUT2D eigenvalue weighted by Crippen LogP contribution is -2.04. The van der Waals surface area contributed by atoms with Crippen LogP contribution in [-0.2, 0) is 0 Å². The van der Waals surface area contributed by atoms with Gasteiger partial charge in [0, 0.05) is 6.04 Å². The SMILES string of the molecule is C=Cc1cccc2c1/C(=C\C)CC2N.CC.CC. The highest BCUT2D eigenvalue weighted by Crippen LogP contribution is 2.40. The molecule has 0 saturated carbocycles. The van der Waals surface area contributed by atoms with Gasteiger partial charge in [-0.1, -0.05) is 64.6 Å². The Morgan fingerprint density at radius 3 is 2.33 bits per heavy atom. The van der Waals surface area contributed by atoms with E-state index < -0.39 is 0 Å². The largest absolute Gasteiger partial charge is 0.324 e. The first-order chi connectivity index (χ1) is 8.77. The van der Waals surface area contributed by atoms with Crippen molar-refractivity contribution in [3.8, 4) is 0 Å². The van der Waals surface area contributed by atoms with Gasteiger partial charge in [0.15, 0.2) is 0 Å². The zero-order valence-corrected chi connectivity index (χ0v) is 12.5. The van der Waals surface area contributed by atoms with Gasteiger partial charge in [-0.2, -0.15) is 0 Å². The van der Waals surface area contributed by atoms with Crippen molar-refractivity contribution in [2.75, 3.05) is 0 Å². The van der Waals surface area contributed by atoms with Crippen molar-refractivity contribution in [2.45, 2.75) is 47.1 Å². The maximum absolute atomic E-state index is 6.06. The Morgan fingerprint density at radius 1 is 1.22 bits per heavy atom. The zero-order valence-electron chi connectivity index (χ0n) is 12.5. The second-order valence-electron chi connectivity index (χ2n) is 3.64. The average Bonchev–Trinajstić information content (AvgIpc) is 2.80. The highest BCUT2D eigenvalue weighted by Gasteiger charge is 2.24. The van der Waals surface area contributed by atoms with Gasteiger partial charge in [-0.15, -0.1) is 0 Å². The molecule has 1 nitrogen and oxygen atoms in total. The summed E-state index contributed by atoms with van der Waals surface area (Å²) < 4.78 is 0. The fraction of sp³-hybridized carbons (Fsp3) is 0.412. The molecule has 100 valence electrons. The molecular formula is C17H27N. The van der Waals surface area contributed by atoms with Gasteiger partial charge in [0.1, 0.15) is 0 Å². The fourth-order valence-corrected chi connectivity index (χ4v) is 2.15. The maximum Gasteiger partial charge on any atom is 0.0342 e. The molecule has 0 heterocycles. The minimum absolute atomic E-state index is 0.163. The Hall–Kier alpha value is -1.34. The van der Waals surface area contributed by atoms with E-state index in [1.54, 1.807) is 0 Å². The second kappa shape index (κ2) is 8.71. The number of benzene rings is 1. The molecule has 0 bridgehead atoms. The minimum atomic E-state index is 0.163. The van der Waals surface area contributed by atoms with Gasteiger partial charge in [0.05, 0.1) is 0 Å². The van der Waals surface area contributed by atoms with E-state index in [0.717, 1.165) is 6.42 Å². The summed E-state index contributed by atoms with van der Waals surface area (Å²) in [7, 11) is 0. The summed E-state index contributed by atoms with van der Waals surface area (Å²) in [6, 6.07) is 6.42. The lowest BCUT2D eigenvalue weighted by Gasteiger charge is -2.06. The molecule has 2 rings (SSSR count). The molecule has 1 atom stereocenters. The molecule has 0 radical (unpaired) electrons. The topological polar surface area (TPSA) is 26.0 Å². The van der Waals surface area contributed by atoms with E-state index in [2.05, 4.69) is 31.7 Å². The summed E-state index contributed by atoms with van der Waals surface area (Å²) in [6.07, 6.45) is 5.01. The van der Waals surface area contributed by atoms with E-state index in [4.69, 9.17) is 5.73 Å². The first-order valence-electron chi connectivity index (χ1n) is 6.94. The third-order valence-electron chi connectivity index (χ3n) is 2.86. The van der Waals surface area contributed by atoms with Crippen LogP contribution in [0.3, 0.4) is 0 Å². The highest BCUT2D eigenvalue weighted by molar-refractivity contribution is 5.80. The Balaban J connectivity index is 0.000000659. The summed E-state index contributed by atoms with van der Waals surface area (Å²) in [5.74, 6) is 0. The summed E-state index contributed by atoms with van der Waals surface area (Å²) in [5, 5.41) is 0. The molecule has 1 aromatic rings. The molecule has 0 aliphatic heterocycles. The van der Waals surface area contributed by atoms with Gasteiger partial charge < -0.3 is 5.73 Å². The molecule has 18 heavy (non-hydrogen) atoms. The summed E-state index contributed by atoms with van der Waals surface area (Å²) in [6.45, 7) is 13.9. The number of allylic oxidation sites excluding steroid dienone is 1. The Kier molecular flexibility index (Phi) is 8.06. The number of fused-ring (bicyclic) bond motifs is 1. The van der Waals surface area contributed by atoms with Crippen LogP contribution >= 0.6 is 0 Å². The lowest BCUT2D eigenvalue weighted by molar-refractivity contribution is 0.782. The van der Waals surface area contributed by atoms with Crippen molar-refractivity contribution >= 4 is 11.6 Å². The molecule has 0 aromatic heterocycles. The van der Waals surface area contributed by atoms with Crippen LogP contribution in [0.2, 0.25) is 0 Å². The fourth-order valence-electron chi connectivity index (χ4n) is 2.15. The third-order valence-corrected chi connectivity index (χ3v) is 2.86. The van der Waals surface area contributed by atoms with Crippen LogP contribution < -0.4 is 5.73 Å². The van der Waals surface area contributed by atoms with Gasteiger partial charge in [-0.05, 0) is 35.6 Å². The quantitative estimate of drug-likeness (QED) is 0.724. The molecule has 0 saturated heterocycles. The molecule has 0 fully saturated rings. The van der Waals surface area contributed by atoms with Crippen LogP contribution in [0.5, 0.6) is 0 Å². The van der Waals surface area contributed by atoms with E-state index in [1.165, 1.54) is 22.3 Å². The minimum Gasteiger partial charge on any atom is -0.324 e. The number of hydrogen-bond acceptors (Lipinski definition) is 1. The van der Waals surface area contributed by atoms with Crippen molar-refractivity contribution in [1.82, 2.24) is 0 Å². The van der Waals surface area contributed by atoms with Gasteiger partial charge >= 0.3 is 0 Å². The summed E-state index contributed by atoms with van der Waals surface area (Å²) in [5.41, 5.74) is 11.2. The number of hydrogen-bond donors (Lipinski definition) is 1. The molecule has 0 amide bonds. The predicted octanol–water partition coefficient (Wildman–Crippen LogP) is 5.19. The van der Waals surface area contributed by atoms with Crippen LogP contribution in [0.4, 0.5) is 0 Å². The summed E-state index contributed by atoms with van der Waals surface area (Å²) >= 11 is 0. The van der Waals surface area contributed by atoms with Crippen LogP contribution in [0.15, 0.2) is 30.9 Å². The molecule has 1 aliphatic carbocycles. The molecule has 1 heteroatoms. The van der Waals surface area contributed by atoms with Gasteiger partial charge in [0.25, 0.3) is 0 Å². The van der Waals surface area contributed by atoms with Crippen molar-refractivity contribution in [3.63, 3.8) is 0 Å². The van der Waals surface area contributed by atoms with E-state index in [1.807, 2.05) is 39.8 Å². The monoisotopic (exact) mass is 245 g/mol. The highest BCUT2D eigenvalue weighted by atomic mass is 14.6. The standard InChI is InChI=1S/C13H15N.2C2H6/c1-3-9-6-5-7-11-12(14)8-10(4-2)13(9)11;2*1-2/h3-7,12H,1,8,14H2,2H3;2*1-2H3/b10-4-;;. The number of rotatable bonds is 1. The molecule has 2 N–H and O–H groups in total. The van der Waals surface area contributed by atoms with Gasteiger partial charge in [0.2, 0.25) is 0 Å². The molecule has 1 unspecified atom stereocenters. The second-order valence-corrected chi connectivity index (χ2v) is 3.64. The Labute approximate surface area is 112 Å². The van der Waals surface area contributed by atoms with Crippen molar-refractivity contribution in [3.05, 3.63) is 47.5 Å². The van der Waals surface area contributed by atoms with Crippen LogP contribution in [0, 0.1) is 0 Å². The zero-order chi connectivity index (χ0) is 14.1. The molecule has 1 aliphatic rings. The average molecular weight is 245 g/mol. The Morgan fingerprint density at radius 2 is 1.83 bits per heavy atom. The number of nitrogens with two attached hydrogens (primary N) is 1. The first kappa shape index (κ1) is 16.7. The van der Waals surface area contributed by atoms with Crippen LogP contribution in [0.1, 0.15) is 63.8 Å². The molecule has 0 spiro atoms. The van der Waals surface area contributed by atoms with Gasteiger partial charge in [-0.3, -0.25) is 0 Å². The van der Waals surface area contributed by atoms with Crippen LogP contribution in [-0.4, -0.2) is 0 Å². The lowest BCUT2D eigenvalue weighted by atomic mass is 10.00. The van der Waals surface area contributed by atoms with Crippen molar-refractivity contribution < 1.29 is 0 Å². The van der Waals surface area contributed by atoms with Crippen molar-refractivity contribution in [2.24, 2.45) is 5.73 Å². The predicted molar refractivity (Wildman–Crippen MR) is 84.4 cm³/mol. The summed E-state index contributed by atoms with van der Waals surface area (Å²) in [4.78, 5) is 0. The van der Waals surface area contributed by atoms with E-state index in [0.29, 0.717) is 0 Å². The van der Waals surface area contributed by atoms with Crippen LogP contribution in [0.25, 0.3) is 11.6 Å². The smallest absolute Gasteiger partial charge is 0.0342 e. The Bertz CT molecular complexity index is 402. The van der Waals surface area contributed by atoms with E-state index in [-0.39, 0.29) is 6.04 Å². The molecule has 1 aromatic carbocycles. The van der Waals surface area contributed by atoms with E-state index >= 15 is 0 Å². The maximum atomic E-state index is 6.06. The first-order valence-corrected chi connectivity index (χ1v) is 6.94. The molecular weight excluding hydrogens is 218 g/mol. The van der Waals surface area contributed by atoms with Gasteiger partial charge in [-0.25, -0.2) is 0 Å². The van der Waals surface area contributed by atoms with Crippen molar-refractivity contribution in [1.29, 1.82) is 0 Å². The van der Waals surface area contributed by atoms with E-state index in [9.17, 15) is 0 Å². The normalized spacial score (nSPS) is 18.1. The third kappa shape index (κ3) is 3.33.